The summed E-state index contributed by atoms with van der Waals surface area (Å²) in [5, 5.41) is 2.93. The molecule has 0 spiro atoms. The lowest BCUT2D eigenvalue weighted by Crippen LogP contribution is -2.38. The van der Waals surface area contributed by atoms with Crippen LogP contribution in [-0.2, 0) is 16.1 Å². The number of aromatic nitrogens is 2. The molecule has 0 atom stereocenters. The van der Waals surface area contributed by atoms with Gasteiger partial charge in [0.15, 0.2) is 0 Å². The number of carbonyl (C=O) groups excluding carboxylic acids is 2. The molecule has 0 bridgehead atoms. The molecule has 7 nitrogen and oxygen atoms in total. The summed E-state index contributed by atoms with van der Waals surface area (Å²) in [6, 6.07) is 10.9. The molecule has 0 unspecified atom stereocenters. The molecule has 1 aromatic heterocycles. The quantitative estimate of drug-likeness (QED) is 0.731. The maximum atomic E-state index is 13.2. The number of rotatable bonds is 5. The lowest BCUT2D eigenvalue weighted by Gasteiger charge is -2.17. The van der Waals surface area contributed by atoms with Crippen LogP contribution in [0, 0.1) is 12.7 Å². The molecule has 8 heteroatoms. The van der Waals surface area contributed by atoms with E-state index in [4.69, 9.17) is 0 Å². The average molecular weight is 382 g/mol. The third-order valence-corrected chi connectivity index (χ3v) is 4.23. The van der Waals surface area contributed by atoms with Crippen molar-refractivity contribution in [3.05, 3.63) is 70.5 Å². The monoisotopic (exact) mass is 382 g/mol. The number of hydrogen-bond acceptors (Lipinski definition) is 4. The van der Waals surface area contributed by atoms with E-state index in [9.17, 15) is 18.8 Å². The molecule has 0 aliphatic rings. The Hall–Kier alpha value is -3.55. The second kappa shape index (κ2) is 7.99. The molecular formula is C20H19FN4O3. The third kappa shape index (κ3) is 4.40. The van der Waals surface area contributed by atoms with Crippen LogP contribution < -0.4 is 10.9 Å². The number of hydrogen-bond donors (Lipinski definition) is 1. The SMILES string of the molecule is Cc1ccc(NC(=O)CN(C)C(=O)Cn2cnc3cc(F)ccc3c2=O)cc1. The summed E-state index contributed by atoms with van der Waals surface area (Å²) in [7, 11) is 1.48. The molecule has 3 aromatic rings. The number of likely N-dealkylation sites (N-methyl/N-ethyl adjacent to an activating group) is 1. The van der Waals surface area contributed by atoms with Gasteiger partial charge in [0.25, 0.3) is 5.56 Å². The maximum Gasteiger partial charge on any atom is 0.261 e. The highest BCUT2D eigenvalue weighted by atomic mass is 19.1. The van der Waals surface area contributed by atoms with E-state index in [1.54, 1.807) is 12.1 Å². The van der Waals surface area contributed by atoms with Crippen LogP contribution in [0.1, 0.15) is 5.56 Å². The number of aryl methyl sites for hydroxylation is 1. The van der Waals surface area contributed by atoms with E-state index < -0.39 is 17.3 Å². The van der Waals surface area contributed by atoms with Crippen molar-refractivity contribution in [2.45, 2.75) is 13.5 Å². The molecule has 2 amide bonds. The molecule has 0 fully saturated rings. The molecule has 144 valence electrons. The van der Waals surface area contributed by atoms with Gasteiger partial charge in [-0.2, -0.15) is 0 Å². The maximum absolute atomic E-state index is 13.2. The Morgan fingerprint density at radius 3 is 2.61 bits per heavy atom. The number of nitrogens with zero attached hydrogens (tertiary/aromatic N) is 3. The molecule has 3 rings (SSSR count). The average Bonchev–Trinajstić information content (AvgIpc) is 2.65. The van der Waals surface area contributed by atoms with Crippen LogP contribution in [0.25, 0.3) is 10.9 Å². The number of fused-ring (bicyclic) bond motifs is 1. The normalized spacial score (nSPS) is 10.7. The third-order valence-electron chi connectivity index (χ3n) is 4.23. The van der Waals surface area contributed by atoms with Crippen LogP contribution in [0.3, 0.4) is 0 Å². The van der Waals surface area contributed by atoms with Gasteiger partial charge >= 0.3 is 0 Å². The Morgan fingerprint density at radius 1 is 1.18 bits per heavy atom. The molecular weight excluding hydrogens is 363 g/mol. The number of amides is 2. The molecule has 2 aromatic carbocycles. The van der Waals surface area contributed by atoms with Crippen molar-refractivity contribution in [3.8, 4) is 0 Å². The first-order valence-electron chi connectivity index (χ1n) is 8.58. The van der Waals surface area contributed by atoms with Crippen LogP contribution in [0.5, 0.6) is 0 Å². The fraction of sp³-hybridized carbons (Fsp3) is 0.200. The first-order valence-corrected chi connectivity index (χ1v) is 8.58. The van der Waals surface area contributed by atoms with Crippen LogP contribution in [0.2, 0.25) is 0 Å². The van der Waals surface area contributed by atoms with E-state index in [0.29, 0.717) is 5.69 Å². The Kier molecular flexibility index (Phi) is 5.49. The highest BCUT2D eigenvalue weighted by Gasteiger charge is 2.15. The zero-order valence-electron chi connectivity index (χ0n) is 15.5. The highest BCUT2D eigenvalue weighted by Crippen LogP contribution is 2.09. The fourth-order valence-corrected chi connectivity index (χ4v) is 2.65. The van der Waals surface area contributed by atoms with E-state index in [1.165, 1.54) is 30.4 Å². The van der Waals surface area contributed by atoms with Crippen LogP contribution in [-0.4, -0.2) is 39.9 Å². The summed E-state index contributed by atoms with van der Waals surface area (Å²) >= 11 is 0. The first-order chi connectivity index (χ1) is 13.3. The lowest BCUT2D eigenvalue weighted by molar-refractivity contribution is -0.133. The molecule has 0 aliphatic heterocycles. The number of anilines is 1. The van der Waals surface area contributed by atoms with Gasteiger partial charge in [-0.15, -0.1) is 0 Å². The number of nitrogens with one attached hydrogen (secondary N) is 1. The summed E-state index contributed by atoms with van der Waals surface area (Å²) in [5.74, 6) is -1.27. The van der Waals surface area contributed by atoms with Gasteiger partial charge in [-0.3, -0.25) is 19.0 Å². The molecule has 1 N–H and O–H groups in total. The number of halogens is 1. The van der Waals surface area contributed by atoms with Crippen LogP contribution >= 0.6 is 0 Å². The van der Waals surface area contributed by atoms with Crippen molar-refractivity contribution in [1.82, 2.24) is 14.5 Å². The Balaban J connectivity index is 1.65. The second-order valence-corrected chi connectivity index (χ2v) is 6.50. The van der Waals surface area contributed by atoms with Crippen molar-refractivity contribution in [1.29, 1.82) is 0 Å². The second-order valence-electron chi connectivity index (χ2n) is 6.50. The largest absolute Gasteiger partial charge is 0.335 e. The van der Waals surface area contributed by atoms with E-state index in [0.717, 1.165) is 16.2 Å². The minimum atomic E-state index is -0.493. The predicted octanol–water partition coefficient (Wildman–Crippen LogP) is 1.94. The van der Waals surface area contributed by atoms with Crippen molar-refractivity contribution in [2.75, 3.05) is 18.9 Å². The summed E-state index contributed by atoms with van der Waals surface area (Å²) in [4.78, 5) is 42.2. The van der Waals surface area contributed by atoms with Gasteiger partial charge in [-0.1, -0.05) is 17.7 Å². The Labute approximate surface area is 160 Å². The van der Waals surface area contributed by atoms with Crippen molar-refractivity contribution >= 4 is 28.4 Å². The van der Waals surface area contributed by atoms with Crippen LogP contribution in [0.4, 0.5) is 10.1 Å². The van der Waals surface area contributed by atoms with E-state index in [1.807, 2.05) is 19.1 Å². The van der Waals surface area contributed by atoms with Gasteiger partial charge in [0.2, 0.25) is 11.8 Å². The first kappa shape index (κ1) is 19.2. The summed E-state index contributed by atoms with van der Waals surface area (Å²) in [5.41, 5.74) is 1.48. The van der Waals surface area contributed by atoms with E-state index in [2.05, 4.69) is 10.3 Å². The van der Waals surface area contributed by atoms with Gasteiger partial charge in [0.05, 0.1) is 23.8 Å². The molecule has 0 radical (unpaired) electrons. The topological polar surface area (TPSA) is 84.3 Å². The zero-order valence-corrected chi connectivity index (χ0v) is 15.5. The lowest BCUT2D eigenvalue weighted by atomic mass is 10.2. The predicted molar refractivity (Wildman–Crippen MR) is 103 cm³/mol. The van der Waals surface area contributed by atoms with E-state index >= 15 is 0 Å². The minimum absolute atomic E-state index is 0.159. The molecule has 0 aliphatic carbocycles. The Morgan fingerprint density at radius 2 is 1.89 bits per heavy atom. The summed E-state index contributed by atoms with van der Waals surface area (Å²) in [6.45, 7) is 1.51. The molecule has 0 saturated carbocycles. The summed E-state index contributed by atoms with van der Waals surface area (Å²) in [6.07, 6.45) is 1.20. The van der Waals surface area contributed by atoms with Gasteiger partial charge in [0.1, 0.15) is 12.4 Å². The standard InChI is InChI=1S/C20H19FN4O3/c1-13-3-6-15(7-4-13)23-18(26)10-24(2)19(27)11-25-12-22-17-9-14(21)5-8-16(17)20(25)28/h3-9,12H,10-11H2,1-2H3,(H,23,26). The van der Waals surface area contributed by atoms with Gasteiger partial charge in [-0.25, -0.2) is 9.37 Å². The van der Waals surface area contributed by atoms with Crippen molar-refractivity contribution < 1.29 is 14.0 Å². The number of carbonyl (C=O) groups is 2. The summed E-state index contributed by atoms with van der Waals surface area (Å²) < 4.78 is 14.4. The fourth-order valence-electron chi connectivity index (χ4n) is 2.65. The number of benzene rings is 2. The van der Waals surface area contributed by atoms with Crippen molar-refractivity contribution in [2.24, 2.45) is 0 Å². The van der Waals surface area contributed by atoms with E-state index in [-0.39, 0.29) is 29.9 Å². The molecule has 0 saturated heterocycles. The highest BCUT2D eigenvalue weighted by molar-refractivity contribution is 5.94. The Bertz CT molecular complexity index is 1090. The van der Waals surface area contributed by atoms with Gasteiger partial charge in [-0.05, 0) is 31.2 Å². The molecule has 1 heterocycles. The zero-order chi connectivity index (χ0) is 20.3. The smallest absolute Gasteiger partial charge is 0.261 e. The minimum Gasteiger partial charge on any atom is -0.335 e. The van der Waals surface area contributed by atoms with Crippen molar-refractivity contribution in [3.63, 3.8) is 0 Å². The van der Waals surface area contributed by atoms with Gasteiger partial charge < -0.3 is 10.2 Å². The van der Waals surface area contributed by atoms with Gasteiger partial charge in [0, 0.05) is 18.8 Å². The molecule has 28 heavy (non-hydrogen) atoms. The van der Waals surface area contributed by atoms with Crippen LogP contribution in [0.15, 0.2) is 53.6 Å².